The zero-order valence-corrected chi connectivity index (χ0v) is 11.3. The standard InChI is InChI=1S/C11H19N3O2S/c1-8-9(2)17-11(16)14(8)7-4-10(15)13-6-5-12-3/h12H,4-7H2,1-3H3,(H,13,15). The van der Waals surface area contributed by atoms with Crippen molar-refractivity contribution in [2.24, 2.45) is 0 Å². The van der Waals surface area contributed by atoms with Gasteiger partial charge in [-0.25, -0.2) is 0 Å². The highest BCUT2D eigenvalue weighted by molar-refractivity contribution is 7.09. The van der Waals surface area contributed by atoms with Crippen LogP contribution < -0.4 is 15.5 Å². The fourth-order valence-electron chi connectivity index (χ4n) is 1.47. The average Bonchev–Trinajstić information content (AvgIpc) is 2.51. The molecule has 1 rings (SSSR count). The minimum Gasteiger partial charge on any atom is -0.355 e. The highest BCUT2D eigenvalue weighted by atomic mass is 32.1. The predicted octanol–water partition coefficient (Wildman–Crippen LogP) is 0.252. The molecule has 0 atom stereocenters. The first-order chi connectivity index (χ1) is 8.06. The van der Waals surface area contributed by atoms with Gasteiger partial charge in [-0.15, -0.1) is 0 Å². The van der Waals surface area contributed by atoms with Crippen LogP contribution in [0, 0.1) is 13.8 Å². The minimum atomic E-state index is -0.0181. The summed E-state index contributed by atoms with van der Waals surface area (Å²) in [6, 6.07) is 0. The van der Waals surface area contributed by atoms with Gasteiger partial charge in [-0.2, -0.15) is 0 Å². The van der Waals surface area contributed by atoms with Gasteiger partial charge in [0.15, 0.2) is 0 Å². The van der Waals surface area contributed by atoms with E-state index >= 15 is 0 Å². The van der Waals surface area contributed by atoms with Crippen LogP contribution in [-0.2, 0) is 11.3 Å². The first-order valence-electron chi connectivity index (χ1n) is 5.64. The molecule has 1 heterocycles. The van der Waals surface area contributed by atoms with Crippen LogP contribution in [0.5, 0.6) is 0 Å². The van der Waals surface area contributed by atoms with Crippen LogP contribution in [0.25, 0.3) is 0 Å². The van der Waals surface area contributed by atoms with Gasteiger partial charge in [-0.05, 0) is 20.9 Å². The van der Waals surface area contributed by atoms with E-state index < -0.39 is 0 Å². The Labute approximate surface area is 105 Å². The maximum absolute atomic E-state index is 11.6. The van der Waals surface area contributed by atoms with E-state index in [4.69, 9.17) is 0 Å². The molecule has 0 aliphatic heterocycles. The number of hydrogen-bond acceptors (Lipinski definition) is 4. The molecule has 0 saturated heterocycles. The molecule has 5 nitrogen and oxygen atoms in total. The van der Waals surface area contributed by atoms with Crippen molar-refractivity contribution in [3.8, 4) is 0 Å². The molecule has 0 fully saturated rings. The normalized spacial score (nSPS) is 10.5. The molecule has 0 aliphatic rings. The Hall–Kier alpha value is -1.14. The van der Waals surface area contributed by atoms with Gasteiger partial charge in [0.05, 0.1) is 0 Å². The number of rotatable bonds is 6. The van der Waals surface area contributed by atoms with Crippen LogP contribution in [0.2, 0.25) is 0 Å². The summed E-state index contributed by atoms with van der Waals surface area (Å²) in [5, 5.41) is 5.74. The molecule has 1 aromatic heterocycles. The molecule has 2 N–H and O–H groups in total. The van der Waals surface area contributed by atoms with Crippen LogP contribution in [0.3, 0.4) is 0 Å². The number of hydrogen-bond donors (Lipinski definition) is 2. The molecule has 1 amide bonds. The fourth-order valence-corrected chi connectivity index (χ4v) is 2.33. The number of carbonyl (C=O) groups is 1. The van der Waals surface area contributed by atoms with Crippen molar-refractivity contribution in [2.75, 3.05) is 20.1 Å². The first-order valence-corrected chi connectivity index (χ1v) is 6.46. The van der Waals surface area contributed by atoms with E-state index in [2.05, 4.69) is 10.6 Å². The summed E-state index contributed by atoms with van der Waals surface area (Å²) in [6.07, 6.45) is 0.348. The second-order valence-corrected chi connectivity index (χ2v) is 5.03. The third-order valence-corrected chi connectivity index (χ3v) is 3.63. The number of amides is 1. The van der Waals surface area contributed by atoms with E-state index in [0.29, 0.717) is 19.5 Å². The lowest BCUT2D eigenvalue weighted by molar-refractivity contribution is -0.121. The van der Waals surface area contributed by atoms with E-state index in [1.54, 1.807) is 4.57 Å². The van der Waals surface area contributed by atoms with Crippen molar-refractivity contribution < 1.29 is 4.79 Å². The minimum absolute atomic E-state index is 0.0167. The summed E-state index contributed by atoms with van der Waals surface area (Å²) in [6.45, 7) is 5.66. The molecule has 0 radical (unpaired) electrons. The smallest absolute Gasteiger partial charge is 0.307 e. The number of nitrogens with one attached hydrogen (secondary N) is 2. The van der Waals surface area contributed by atoms with Gasteiger partial charge in [0, 0.05) is 36.6 Å². The van der Waals surface area contributed by atoms with E-state index in [-0.39, 0.29) is 10.8 Å². The Morgan fingerprint density at radius 3 is 2.59 bits per heavy atom. The molecule has 0 unspecified atom stereocenters. The van der Waals surface area contributed by atoms with Gasteiger partial charge < -0.3 is 15.2 Å². The Kier molecular flexibility index (Phi) is 5.37. The van der Waals surface area contributed by atoms with Crippen molar-refractivity contribution in [3.05, 3.63) is 20.2 Å². The van der Waals surface area contributed by atoms with Crippen molar-refractivity contribution in [1.29, 1.82) is 0 Å². The lowest BCUT2D eigenvalue weighted by Crippen LogP contribution is -2.31. The predicted molar refractivity (Wildman–Crippen MR) is 69.6 cm³/mol. The maximum atomic E-state index is 11.6. The van der Waals surface area contributed by atoms with Gasteiger partial charge in [0.25, 0.3) is 0 Å². The van der Waals surface area contributed by atoms with Gasteiger partial charge in [0.1, 0.15) is 0 Å². The molecule has 0 saturated carbocycles. The summed E-state index contributed by atoms with van der Waals surface area (Å²) in [4.78, 5) is 24.1. The lowest BCUT2D eigenvalue weighted by Gasteiger charge is -2.06. The Morgan fingerprint density at radius 2 is 2.06 bits per heavy atom. The van der Waals surface area contributed by atoms with Gasteiger partial charge in [0.2, 0.25) is 5.91 Å². The second kappa shape index (κ2) is 6.56. The molecular formula is C11H19N3O2S. The lowest BCUT2D eigenvalue weighted by atomic mass is 10.3. The van der Waals surface area contributed by atoms with Crippen LogP contribution in [0.4, 0.5) is 0 Å². The molecule has 17 heavy (non-hydrogen) atoms. The van der Waals surface area contributed by atoms with E-state index in [1.807, 2.05) is 20.9 Å². The third-order valence-electron chi connectivity index (χ3n) is 2.63. The van der Waals surface area contributed by atoms with Crippen LogP contribution in [0.1, 0.15) is 17.0 Å². The molecular weight excluding hydrogens is 238 g/mol. The first kappa shape index (κ1) is 13.9. The SMILES string of the molecule is CNCCNC(=O)CCn1c(C)c(C)sc1=O. The van der Waals surface area contributed by atoms with Crippen molar-refractivity contribution in [2.45, 2.75) is 26.8 Å². The topological polar surface area (TPSA) is 63.1 Å². The highest BCUT2D eigenvalue weighted by Crippen LogP contribution is 2.09. The zero-order valence-electron chi connectivity index (χ0n) is 10.5. The van der Waals surface area contributed by atoms with Crippen molar-refractivity contribution >= 4 is 17.2 Å². The van der Waals surface area contributed by atoms with E-state index in [0.717, 1.165) is 17.1 Å². The highest BCUT2D eigenvalue weighted by Gasteiger charge is 2.08. The number of likely N-dealkylation sites (N-methyl/N-ethyl adjacent to an activating group) is 1. The summed E-state index contributed by atoms with van der Waals surface area (Å²) >= 11 is 1.23. The Morgan fingerprint density at radius 1 is 1.35 bits per heavy atom. The Balaban J connectivity index is 2.45. The number of thiazole rings is 1. The number of aryl methyl sites for hydroxylation is 1. The molecule has 0 aromatic carbocycles. The summed E-state index contributed by atoms with van der Waals surface area (Å²) in [5.41, 5.74) is 0.961. The Bertz CT molecular complexity index is 436. The van der Waals surface area contributed by atoms with Gasteiger partial charge >= 0.3 is 4.87 Å². The molecule has 0 bridgehead atoms. The number of aromatic nitrogens is 1. The number of nitrogens with zero attached hydrogens (tertiary/aromatic N) is 1. The molecule has 96 valence electrons. The van der Waals surface area contributed by atoms with Gasteiger partial charge in [-0.1, -0.05) is 11.3 Å². The summed E-state index contributed by atoms with van der Waals surface area (Å²) in [7, 11) is 1.84. The number of carbonyl (C=O) groups excluding carboxylic acids is 1. The second-order valence-electron chi connectivity index (χ2n) is 3.86. The monoisotopic (exact) mass is 257 g/mol. The maximum Gasteiger partial charge on any atom is 0.307 e. The van der Waals surface area contributed by atoms with Crippen LogP contribution in [0.15, 0.2) is 4.79 Å². The molecule has 0 aliphatic carbocycles. The van der Waals surface area contributed by atoms with Crippen LogP contribution >= 0.6 is 11.3 Å². The van der Waals surface area contributed by atoms with Gasteiger partial charge in [-0.3, -0.25) is 9.59 Å². The average molecular weight is 257 g/mol. The summed E-state index contributed by atoms with van der Waals surface area (Å²) in [5.74, 6) is -0.0181. The molecule has 6 heteroatoms. The fraction of sp³-hybridized carbons (Fsp3) is 0.636. The van der Waals surface area contributed by atoms with E-state index in [9.17, 15) is 9.59 Å². The van der Waals surface area contributed by atoms with Crippen LogP contribution in [-0.4, -0.2) is 30.6 Å². The largest absolute Gasteiger partial charge is 0.355 e. The van der Waals surface area contributed by atoms with Crippen molar-refractivity contribution in [3.63, 3.8) is 0 Å². The summed E-state index contributed by atoms with van der Waals surface area (Å²) < 4.78 is 1.66. The molecule has 1 aromatic rings. The zero-order chi connectivity index (χ0) is 12.8. The quantitative estimate of drug-likeness (QED) is 0.718. The molecule has 0 spiro atoms. The third kappa shape index (κ3) is 3.98. The van der Waals surface area contributed by atoms with Crippen molar-refractivity contribution in [1.82, 2.24) is 15.2 Å². The van der Waals surface area contributed by atoms with E-state index in [1.165, 1.54) is 11.3 Å².